The van der Waals surface area contributed by atoms with Crippen LogP contribution in [0.3, 0.4) is 0 Å². The highest BCUT2D eigenvalue weighted by Crippen LogP contribution is 2.25. The summed E-state index contributed by atoms with van der Waals surface area (Å²) >= 11 is 0. The molecule has 4 aromatic rings. The van der Waals surface area contributed by atoms with Crippen molar-refractivity contribution in [1.82, 2.24) is 14.7 Å². The van der Waals surface area contributed by atoms with Crippen LogP contribution in [0.25, 0.3) is 16.9 Å². The Labute approximate surface area is 160 Å². The van der Waals surface area contributed by atoms with Crippen LogP contribution in [-0.4, -0.2) is 9.38 Å². The Kier molecular flexibility index (Phi) is 5.03. The number of imidazole rings is 1. The van der Waals surface area contributed by atoms with Gasteiger partial charge in [0.1, 0.15) is 5.65 Å². The molecule has 0 spiro atoms. The predicted octanol–water partition coefficient (Wildman–Crippen LogP) is 5.16. The molecule has 0 amide bonds. The van der Waals surface area contributed by atoms with Gasteiger partial charge in [-0.15, -0.1) is 0 Å². The number of pyridine rings is 1. The SMILES string of the molecule is CCc1ccc(-c2nc3ccccn3c2CNCc2cccc(C)c2)cc1. The van der Waals surface area contributed by atoms with Gasteiger partial charge in [0.2, 0.25) is 0 Å². The topological polar surface area (TPSA) is 29.3 Å². The number of hydrogen-bond acceptors (Lipinski definition) is 2. The van der Waals surface area contributed by atoms with Gasteiger partial charge in [-0.25, -0.2) is 4.98 Å². The van der Waals surface area contributed by atoms with E-state index in [1.807, 2.05) is 6.07 Å². The predicted molar refractivity (Wildman–Crippen MR) is 112 cm³/mol. The number of nitrogens with one attached hydrogen (secondary N) is 1. The van der Waals surface area contributed by atoms with E-state index in [1.165, 1.54) is 27.9 Å². The second-order valence-electron chi connectivity index (χ2n) is 6.98. The van der Waals surface area contributed by atoms with Crippen molar-refractivity contribution in [2.24, 2.45) is 0 Å². The van der Waals surface area contributed by atoms with E-state index in [0.29, 0.717) is 0 Å². The summed E-state index contributed by atoms with van der Waals surface area (Å²) in [6.07, 6.45) is 3.15. The summed E-state index contributed by atoms with van der Waals surface area (Å²) in [5.74, 6) is 0. The Morgan fingerprint density at radius 3 is 2.52 bits per heavy atom. The lowest BCUT2D eigenvalue weighted by atomic mass is 10.1. The van der Waals surface area contributed by atoms with Gasteiger partial charge in [-0.2, -0.15) is 0 Å². The van der Waals surface area contributed by atoms with E-state index < -0.39 is 0 Å². The average molecular weight is 355 g/mol. The maximum atomic E-state index is 4.90. The molecule has 0 aliphatic carbocycles. The van der Waals surface area contributed by atoms with Gasteiger partial charge < -0.3 is 9.72 Å². The van der Waals surface area contributed by atoms with Gasteiger partial charge in [0, 0.05) is 24.8 Å². The number of nitrogens with zero attached hydrogens (tertiary/aromatic N) is 2. The van der Waals surface area contributed by atoms with Gasteiger partial charge in [0.05, 0.1) is 11.4 Å². The molecule has 136 valence electrons. The zero-order chi connectivity index (χ0) is 18.6. The maximum absolute atomic E-state index is 4.90. The van der Waals surface area contributed by atoms with Gasteiger partial charge in [-0.3, -0.25) is 0 Å². The lowest BCUT2D eigenvalue weighted by Crippen LogP contribution is -2.14. The van der Waals surface area contributed by atoms with Crippen LogP contribution in [0.5, 0.6) is 0 Å². The van der Waals surface area contributed by atoms with Crippen LogP contribution in [-0.2, 0) is 19.5 Å². The first-order chi connectivity index (χ1) is 13.2. The minimum Gasteiger partial charge on any atom is -0.307 e. The molecule has 0 atom stereocenters. The van der Waals surface area contributed by atoms with Crippen molar-refractivity contribution in [2.45, 2.75) is 33.4 Å². The fourth-order valence-electron chi connectivity index (χ4n) is 3.49. The molecule has 0 saturated heterocycles. The molecule has 27 heavy (non-hydrogen) atoms. The number of rotatable bonds is 6. The van der Waals surface area contributed by atoms with Gasteiger partial charge in [-0.1, -0.05) is 67.1 Å². The minimum atomic E-state index is 0.768. The van der Waals surface area contributed by atoms with E-state index in [2.05, 4.69) is 90.4 Å². The van der Waals surface area contributed by atoms with Crippen LogP contribution in [0, 0.1) is 6.92 Å². The molecule has 4 rings (SSSR count). The summed E-state index contributed by atoms with van der Waals surface area (Å²) in [6, 6.07) is 23.6. The lowest BCUT2D eigenvalue weighted by molar-refractivity contribution is 0.676. The molecule has 1 N–H and O–H groups in total. The van der Waals surface area contributed by atoms with Crippen LogP contribution in [0.1, 0.15) is 29.3 Å². The third-order valence-electron chi connectivity index (χ3n) is 4.97. The number of hydrogen-bond donors (Lipinski definition) is 1. The van der Waals surface area contributed by atoms with E-state index in [-0.39, 0.29) is 0 Å². The summed E-state index contributed by atoms with van der Waals surface area (Å²) in [4.78, 5) is 4.90. The van der Waals surface area contributed by atoms with Crippen LogP contribution in [0.4, 0.5) is 0 Å². The fraction of sp³-hybridized carbons (Fsp3) is 0.208. The molecule has 0 fully saturated rings. The summed E-state index contributed by atoms with van der Waals surface area (Å²) in [5, 5.41) is 3.60. The summed E-state index contributed by atoms with van der Waals surface area (Å²) in [7, 11) is 0. The average Bonchev–Trinajstić information content (AvgIpc) is 3.07. The second-order valence-corrected chi connectivity index (χ2v) is 6.98. The van der Waals surface area contributed by atoms with Crippen LogP contribution in [0.2, 0.25) is 0 Å². The number of aromatic nitrogens is 2. The number of benzene rings is 2. The third-order valence-corrected chi connectivity index (χ3v) is 4.97. The molecule has 3 heteroatoms. The van der Waals surface area contributed by atoms with E-state index in [0.717, 1.165) is 30.9 Å². The van der Waals surface area contributed by atoms with Gasteiger partial charge in [0.25, 0.3) is 0 Å². The highest BCUT2D eigenvalue weighted by molar-refractivity contribution is 5.66. The van der Waals surface area contributed by atoms with E-state index in [1.54, 1.807) is 0 Å². The van der Waals surface area contributed by atoms with Crippen LogP contribution < -0.4 is 5.32 Å². The first kappa shape index (κ1) is 17.5. The molecular weight excluding hydrogens is 330 g/mol. The summed E-state index contributed by atoms with van der Waals surface area (Å²) < 4.78 is 2.19. The van der Waals surface area contributed by atoms with E-state index >= 15 is 0 Å². The van der Waals surface area contributed by atoms with Crippen molar-refractivity contribution in [1.29, 1.82) is 0 Å². The molecule has 0 unspecified atom stereocenters. The Bertz CT molecular complexity index is 1040. The highest BCUT2D eigenvalue weighted by Gasteiger charge is 2.13. The number of fused-ring (bicyclic) bond motifs is 1. The van der Waals surface area contributed by atoms with Crippen molar-refractivity contribution in [2.75, 3.05) is 0 Å². The Balaban J connectivity index is 1.63. The molecule has 0 radical (unpaired) electrons. The monoisotopic (exact) mass is 355 g/mol. The van der Waals surface area contributed by atoms with Crippen molar-refractivity contribution in [3.63, 3.8) is 0 Å². The Morgan fingerprint density at radius 1 is 0.889 bits per heavy atom. The van der Waals surface area contributed by atoms with Crippen molar-refractivity contribution >= 4 is 5.65 Å². The molecule has 2 aromatic heterocycles. The first-order valence-electron chi connectivity index (χ1n) is 9.56. The quantitative estimate of drug-likeness (QED) is 0.517. The van der Waals surface area contributed by atoms with Gasteiger partial charge in [-0.05, 0) is 36.6 Å². The summed E-state index contributed by atoms with van der Waals surface area (Å²) in [5.41, 5.74) is 8.35. The molecule has 3 nitrogen and oxygen atoms in total. The molecule has 2 heterocycles. The molecule has 0 saturated carbocycles. The normalized spacial score (nSPS) is 11.2. The van der Waals surface area contributed by atoms with Crippen molar-refractivity contribution in [3.8, 4) is 11.3 Å². The zero-order valence-corrected chi connectivity index (χ0v) is 15.9. The molecule has 0 aliphatic rings. The lowest BCUT2D eigenvalue weighted by Gasteiger charge is -2.09. The standard InChI is InChI=1S/C24H25N3/c1-3-19-10-12-21(13-11-19)24-22(27-14-5-4-9-23(27)26-24)17-25-16-20-8-6-7-18(2)15-20/h4-15,25H,3,16-17H2,1-2H3. The number of aryl methyl sites for hydroxylation is 2. The van der Waals surface area contributed by atoms with Gasteiger partial charge in [0.15, 0.2) is 0 Å². The van der Waals surface area contributed by atoms with Crippen LogP contribution in [0.15, 0.2) is 72.9 Å². The van der Waals surface area contributed by atoms with Gasteiger partial charge >= 0.3 is 0 Å². The Hall–Kier alpha value is -2.91. The molecule has 0 bridgehead atoms. The first-order valence-corrected chi connectivity index (χ1v) is 9.56. The maximum Gasteiger partial charge on any atom is 0.137 e. The Morgan fingerprint density at radius 2 is 1.74 bits per heavy atom. The minimum absolute atomic E-state index is 0.768. The van der Waals surface area contributed by atoms with Crippen molar-refractivity contribution in [3.05, 3.63) is 95.3 Å². The third kappa shape index (κ3) is 3.79. The molecule has 2 aromatic carbocycles. The zero-order valence-electron chi connectivity index (χ0n) is 15.9. The largest absolute Gasteiger partial charge is 0.307 e. The van der Waals surface area contributed by atoms with E-state index in [4.69, 9.17) is 4.98 Å². The smallest absolute Gasteiger partial charge is 0.137 e. The van der Waals surface area contributed by atoms with Crippen LogP contribution >= 0.6 is 0 Å². The summed E-state index contributed by atoms with van der Waals surface area (Å²) in [6.45, 7) is 5.92. The fourth-order valence-corrected chi connectivity index (χ4v) is 3.49. The highest BCUT2D eigenvalue weighted by atomic mass is 15.0. The van der Waals surface area contributed by atoms with Crippen molar-refractivity contribution < 1.29 is 0 Å². The molecular formula is C24H25N3. The molecule has 0 aliphatic heterocycles. The van der Waals surface area contributed by atoms with E-state index in [9.17, 15) is 0 Å². The second kappa shape index (κ2) is 7.77.